The van der Waals surface area contributed by atoms with Crippen molar-refractivity contribution >= 4 is 22.5 Å². The first-order chi connectivity index (χ1) is 17.4. The molecule has 1 aromatic carbocycles. The summed E-state index contributed by atoms with van der Waals surface area (Å²) < 4.78 is 7.80. The summed E-state index contributed by atoms with van der Waals surface area (Å²) in [6.07, 6.45) is 6.08. The number of pyridine rings is 1. The highest BCUT2D eigenvalue weighted by Crippen LogP contribution is 2.33. The number of ether oxygens (including phenoxy) is 1. The third-order valence-electron chi connectivity index (χ3n) is 6.86. The fourth-order valence-corrected chi connectivity index (χ4v) is 4.98. The zero-order valence-electron chi connectivity index (χ0n) is 20.4. The molecule has 0 amide bonds. The van der Waals surface area contributed by atoms with Gasteiger partial charge >= 0.3 is 0 Å². The molecule has 1 fully saturated rings. The van der Waals surface area contributed by atoms with E-state index < -0.39 is 0 Å². The number of benzene rings is 1. The van der Waals surface area contributed by atoms with Gasteiger partial charge in [0.05, 0.1) is 0 Å². The largest absolute Gasteiger partial charge is 0.381 e. The van der Waals surface area contributed by atoms with Crippen LogP contribution in [0.15, 0.2) is 47.5 Å². The monoisotopic (exact) mass is 481 g/mol. The number of nitrogens with zero attached hydrogens (tertiary/aromatic N) is 4. The van der Waals surface area contributed by atoms with Crippen molar-refractivity contribution in [1.29, 1.82) is 0 Å². The highest BCUT2D eigenvalue weighted by Gasteiger charge is 2.21. The van der Waals surface area contributed by atoms with Gasteiger partial charge in [-0.15, -0.1) is 4.98 Å². The normalized spacial score (nSPS) is 14.1. The van der Waals surface area contributed by atoms with Crippen LogP contribution in [0.2, 0.25) is 0 Å². The third-order valence-corrected chi connectivity index (χ3v) is 6.86. The first kappa shape index (κ1) is 23.6. The number of aryl methyl sites for hydroxylation is 2. The van der Waals surface area contributed by atoms with Crippen LogP contribution in [0.3, 0.4) is 0 Å². The minimum Gasteiger partial charge on any atom is -0.381 e. The molecule has 36 heavy (non-hydrogen) atoms. The Bertz CT molecular complexity index is 1540. The summed E-state index contributed by atoms with van der Waals surface area (Å²) in [6.45, 7) is 12.2. The quantitative estimate of drug-likeness (QED) is 0.305. The van der Waals surface area contributed by atoms with Gasteiger partial charge in [0.15, 0.2) is 5.78 Å². The lowest BCUT2D eigenvalue weighted by atomic mass is 9.95. The van der Waals surface area contributed by atoms with E-state index in [2.05, 4.69) is 36.6 Å². The molecule has 0 spiro atoms. The first-order valence-corrected chi connectivity index (χ1v) is 12.1. The van der Waals surface area contributed by atoms with Crippen molar-refractivity contribution in [2.75, 3.05) is 13.2 Å². The van der Waals surface area contributed by atoms with Crippen molar-refractivity contribution in [3.8, 4) is 11.1 Å². The van der Waals surface area contributed by atoms with Crippen molar-refractivity contribution in [3.63, 3.8) is 0 Å². The van der Waals surface area contributed by atoms with Crippen LogP contribution >= 0.6 is 0 Å². The number of hydrogen-bond acceptors (Lipinski definition) is 5. The highest BCUT2D eigenvalue weighted by atomic mass is 16.5. The summed E-state index contributed by atoms with van der Waals surface area (Å²) in [5.41, 5.74) is 4.32. The minimum atomic E-state index is -0.191. The molecule has 0 aliphatic carbocycles. The zero-order valence-corrected chi connectivity index (χ0v) is 20.4. The smallest absolute Gasteiger partial charge is 0.269 e. The molecule has 4 aromatic rings. The van der Waals surface area contributed by atoms with Crippen LogP contribution in [0.4, 0.5) is 5.82 Å². The number of aromatic amines is 1. The molecule has 1 N–H and O–H groups in total. The molecule has 4 heterocycles. The molecular weight excluding hydrogens is 454 g/mol. The van der Waals surface area contributed by atoms with E-state index in [4.69, 9.17) is 11.3 Å². The number of ketones is 1. The Balaban J connectivity index is 1.55. The number of H-pyrrole nitrogens is 1. The standard InChI is InChI=1S/C28H27N5O3/c1-17-22(28(35)32-18(2)31-17)5-6-26(34)24-14-20(19-4-7-27(29-3)30-16-19)15-25-23(24)8-11-33(25)21-9-12-36-13-10-21/h4,7-8,11,14-16,21H,5-6,9-10,12-13H2,1-2H3,(H,31,32,35). The fourth-order valence-electron chi connectivity index (χ4n) is 4.98. The number of hydrogen-bond donors (Lipinski definition) is 1. The first-order valence-electron chi connectivity index (χ1n) is 12.1. The van der Waals surface area contributed by atoms with Crippen LogP contribution < -0.4 is 5.56 Å². The summed E-state index contributed by atoms with van der Waals surface area (Å²) in [5.74, 6) is 0.861. The molecule has 8 heteroatoms. The van der Waals surface area contributed by atoms with Gasteiger partial charge in [-0.05, 0) is 62.9 Å². The Morgan fingerprint density at radius 3 is 2.69 bits per heavy atom. The van der Waals surface area contributed by atoms with Crippen molar-refractivity contribution in [2.45, 2.75) is 45.6 Å². The summed E-state index contributed by atoms with van der Waals surface area (Å²) >= 11 is 0. The Morgan fingerprint density at radius 2 is 2.00 bits per heavy atom. The van der Waals surface area contributed by atoms with Gasteiger partial charge in [-0.3, -0.25) is 9.59 Å². The number of carbonyl (C=O) groups is 1. The van der Waals surface area contributed by atoms with Crippen molar-refractivity contribution < 1.29 is 9.53 Å². The number of fused-ring (bicyclic) bond motifs is 1. The molecule has 8 nitrogen and oxygen atoms in total. The van der Waals surface area contributed by atoms with E-state index in [1.165, 1.54) is 0 Å². The SMILES string of the molecule is [C-]#[N+]c1ccc(-c2cc(C(=O)CCc3c(C)nc(C)[nH]c3=O)c3ccn(C4CCOCC4)c3c2)cn1. The van der Waals surface area contributed by atoms with Crippen molar-refractivity contribution in [3.05, 3.63) is 87.1 Å². The lowest BCUT2D eigenvalue weighted by Crippen LogP contribution is -2.19. The number of aromatic nitrogens is 4. The van der Waals surface area contributed by atoms with E-state index in [0.29, 0.717) is 40.9 Å². The second kappa shape index (κ2) is 9.88. The van der Waals surface area contributed by atoms with Crippen LogP contribution in [0, 0.1) is 20.4 Å². The van der Waals surface area contributed by atoms with E-state index in [1.54, 1.807) is 26.1 Å². The maximum atomic E-state index is 13.6. The fraction of sp³-hybridized carbons (Fsp3) is 0.321. The molecule has 0 unspecified atom stereocenters. The Labute approximate surface area is 208 Å². The van der Waals surface area contributed by atoms with Crippen LogP contribution in [-0.2, 0) is 11.2 Å². The number of nitrogens with one attached hydrogen (secondary N) is 1. The van der Waals surface area contributed by atoms with Gasteiger partial charge in [-0.2, -0.15) is 0 Å². The van der Waals surface area contributed by atoms with Gasteiger partial charge in [0, 0.05) is 65.2 Å². The zero-order chi connectivity index (χ0) is 25.2. The third kappa shape index (κ3) is 4.58. The van der Waals surface area contributed by atoms with Gasteiger partial charge < -0.3 is 19.1 Å². The Morgan fingerprint density at radius 1 is 1.19 bits per heavy atom. The summed E-state index contributed by atoms with van der Waals surface area (Å²) in [4.78, 5) is 40.7. The molecule has 0 radical (unpaired) electrons. The van der Waals surface area contributed by atoms with Gasteiger partial charge in [-0.25, -0.2) is 4.98 Å². The predicted molar refractivity (Wildman–Crippen MR) is 138 cm³/mol. The molecule has 1 aliphatic heterocycles. The molecule has 1 aliphatic rings. The van der Waals surface area contributed by atoms with Crippen LogP contribution in [-0.4, -0.2) is 38.5 Å². The summed E-state index contributed by atoms with van der Waals surface area (Å²) in [7, 11) is 0. The topological polar surface area (TPSA) is 94.2 Å². The molecule has 1 saturated heterocycles. The van der Waals surface area contributed by atoms with E-state index in [-0.39, 0.29) is 17.8 Å². The lowest BCUT2D eigenvalue weighted by molar-refractivity contribution is 0.0707. The highest BCUT2D eigenvalue weighted by molar-refractivity contribution is 6.09. The Kier molecular flexibility index (Phi) is 6.49. The van der Waals surface area contributed by atoms with Crippen molar-refractivity contribution in [1.82, 2.24) is 19.5 Å². The second-order valence-electron chi connectivity index (χ2n) is 9.18. The molecule has 0 bridgehead atoms. The minimum absolute atomic E-state index is 0.0308. The number of carbonyl (C=O) groups excluding carboxylic acids is 1. The Hall–Kier alpha value is -4.09. The number of Topliss-reactive ketones (excluding diaryl/α,β-unsaturated/α-hetero) is 1. The van der Waals surface area contributed by atoms with Gasteiger partial charge in [0.1, 0.15) is 12.0 Å². The van der Waals surface area contributed by atoms with Gasteiger partial charge in [0.2, 0.25) is 0 Å². The van der Waals surface area contributed by atoms with Crippen LogP contribution in [0.25, 0.3) is 26.9 Å². The maximum Gasteiger partial charge on any atom is 0.269 e. The predicted octanol–water partition coefficient (Wildman–Crippen LogP) is 5.12. The van der Waals surface area contributed by atoms with Crippen LogP contribution in [0.5, 0.6) is 0 Å². The molecule has 182 valence electrons. The van der Waals surface area contributed by atoms with E-state index in [1.807, 2.05) is 18.2 Å². The molecular formula is C28H27N5O3. The maximum absolute atomic E-state index is 13.6. The van der Waals surface area contributed by atoms with E-state index in [9.17, 15) is 9.59 Å². The summed E-state index contributed by atoms with van der Waals surface area (Å²) in [5, 5.41) is 0.897. The van der Waals surface area contributed by atoms with Crippen molar-refractivity contribution in [2.24, 2.45) is 0 Å². The van der Waals surface area contributed by atoms with E-state index in [0.717, 1.165) is 48.1 Å². The average molecular weight is 482 g/mol. The molecule has 3 aromatic heterocycles. The second-order valence-corrected chi connectivity index (χ2v) is 9.18. The molecule has 0 saturated carbocycles. The van der Waals surface area contributed by atoms with Gasteiger partial charge in [-0.1, -0.05) is 12.6 Å². The summed E-state index contributed by atoms with van der Waals surface area (Å²) in [6, 6.07) is 9.85. The van der Waals surface area contributed by atoms with Crippen LogP contribution in [0.1, 0.15) is 52.7 Å². The number of rotatable bonds is 6. The van der Waals surface area contributed by atoms with E-state index >= 15 is 0 Å². The average Bonchev–Trinajstić information content (AvgIpc) is 3.32. The lowest BCUT2D eigenvalue weighted by Gasteiger charge is -2.25. The molecule has 5 rings (SSSR count). The molecule has 0 atom stereocenters. The van der Waals surface area contributed by atoms with Gasteiger partial charge in [0.25, 0.3) is 11.4 Å².